The van der Waals surface area contributed by atoms with Gasteiger partial charge < -0.3 is 10.5 Å². The predicted molar refractivity (Wildman–Crippen MR) is 65.8 cm³/mol. The molecule has 0 amide bonds. The van der Waals surface area contributed by atoms with E-state index in [1.54, 1.807) is 13.2 Å². The van der Waals surface area contributed by atoms with Crippen molar-refractivity contribution in [2.45, 2.75) is 12.7 Å². The van der Waals surface area contributed by atoms with Crippen LogP contribution in [0.1, 0.15) is 18.1 Å². The zero-order valence-electron chi connectivity index (χ0n) is 9.04. The second kappa shape index (κ2) is 5.66. The smallest absolute Gasteiger partial charge is 0.122 e. The molecule has 1 aromatic rings. The molecule has 0 saturated carbocycles. The normalized spacial score (nSPS) is 10.0. The van der Waals surface area contributed by atoms with Crippen LogP contribution in [0.15, 0.2) is 18.2 Å². The Balaban J connectivity index is 2.96. The predicted octanol–water partition coefficient (Wildman–Crippen LogP) is 2.23. The second-order valence-corrected chi connectivity index (χ2v) is 4.35. The van der Waals surface area contributed by atoms with Crippen LogP contribution in [0.3, 0.4) is 0 Å². The molecule has 82 valence electrons. The van der Waals surface area contributed by atoms with E-state index in [1.807, 2.05) is 23.9 Å². The van der Waals surface area contributed by atoms with Crippen molar-refractivity contribution in [3.63, 3.8) is 0 Å². The van der Waals surface area contributed by atoms with E-state index in [4.69, 9.17) is 15.9 Å². The van der Waals surface area contributed by atoms with E-state index in [0.717, 1.165) is 28.4 Å². The maximum atomic E-state index is 7.37. The highest BCUT2D eigenvalue weighted by molar-refractivity contribution is 7.98. The van der Waals surface area contributed by atoms with Crippen molar-refractivity contribution < 1.29 is 4.74 Å². The Labute approximate surface area is 94.5 Å². The number of nitrogens with one attached hydrogen (secondary N) is 1. The molecule has 0 fully saturated rings. The van der Waals surface area contributed by atoms with Crippen molar-refractivity contribution in [1.29, 1.82) is 5.41 Å². The summed E-state index contributed by atoms with van der Waals surface area (Å²) in [6, 6.07) is 5.59. The van der Waals surface area contributed by atoms with Crippen LogP contribution in [0.25, 0.3) is 0 Å². The molecule has 0 aliphatic heterocycles. The number of amidine groups is 1. The van der Waals surface area contributed by atoms with Gasteiger partial charge in [0.05, 0.1) is 7.11 Å². The van der Waals surface area contributed by atoms with Gasteiger partial charge in [0.15, 0.2) is 0 Å². The first-order valence-corrected chi connectivity index (χ1v) is 5.93. The van der Waals surface area contributed by atoms with E-state index in [2.05, 4.69) is 6.92 Å². The third-order valence-corrected chi connectivity index (χ3v) is 2.98. The van der Waals surface area contributed by atoms with Gasteiger partial charge in [-0.25, -0.2) is 0 Å². The fourth-order valence-electron chi connectivity index (χ4n) is 1.27. The summed E-state index contributed by atoms with van der Waals surface area (Å²) in [4.78, 5) is 0. The Kier molecular flexibility index (Phi) is 4.49. The zero-order valence-corrected chi connectivity index (χ0v) is 9.86. The number of nitrogen functional groups attached to an aromatic ring is 1. The lowest BCUT2D eigenvalue weighted by Crippen LogP contribution is -2.11. The summed E-state index contributed by atoms with van der Waals surface area (Å²) in [6.07, 6.45) is 0. The summed E-state index contributed by atoms with van der Waals surface area (Å²) in [5.74, 6) is 2.91. The number of nitrogens with two attached hydrogens (primary N) is 1. The van der Waals surface area contributed by atoms with Gasteiger partial charge >= 0.3 is 0 Å². The molecular formula is C11H16N2OS. The fraction of sp³-hybridized carbons (Fsp3) is 0.364. The molecule has 3 nitrogen and oxygen atoms in total. The highest BCUT2D eigenvalue weighted by atomic mass is 32.2. The molecule has 0 bridgehead atoms. The highest BCUT2D eigenvalue weighted by Gasteiger charge is 2.05. The lowest BCUT2D eigenvalue weighted by Gasteiger charge is -2.09. The van der Waals surface area contributed by atoms with E-state index in [0.29, 0.717) is 0 Å². The molecule has 0 aliphatic rings. The summed E-state index contributed by atoms with van der Waals surface area (Å²) in [6.45, 7) is 2.12. The van der Waals surface area contributed by atoms with Gasteiger partial charge in [-0.15, -0.1) is 0 Å². The van der Waals surface area contributed by atoms with E-state index in [-0.39, 0.29) is 5.84 Å². The third kappa shape index (κ3) is 3.16. The summed E-state index contributed by atoms with van der Waals surface area (Å²) >= 11 is 1.82. The fourth-order valence-corrected chi connectivity index (χ4v) is 1.92. The molecule has 0 aliphatic carbocycles. The van der Waals surface area contributed by atoms with Gasteiger partial charge in [-0.3, -0.25) is 5.41 Å². The molecule has 15 heavy (non-hydrogen) atoms. The van der Waals surface area contributed by atoms with E-state index in [9.17, 15) is 0 Å². The molecule has 0 atom stereocenters. The van der Waals surface area contributed by atoms with Crippen LogP contribution in [0.4, 0.5) is 0 Å². The Bertz CT molecular complexity index is 352. The van der Waals surface area contributed by atoms with Crippen LogP contribution in [0.5, 0.6) is 5.75 Å². The molecule has 0 saturated heterocycles. The average Bonchev–Trinajstić information content (AvgIpc) is 2.25. The number of thioether (sulfide) groups is 1. The topological polar surface area (TPSA) is 59.1 Å². The Morgan fingerprint density at radius 3 is 2.80 bits per heavy atom. The highest BCUT2D eigenvalue weighted by Crippen LogP contribution is 2.24. The lowest BCUT2D eigenvalue weighted by atomic mass is 10.1. The first kappa shape index (κ1) is 11.9. The third-order valence-electron chi connectivity index (χ3n) is 2.05. The molecule has 1 aromatic carbocycles. The van der Waals surface area contributed by atoms with Gasteiger partial charge in [0.1, 0.15) is 11.6 Å². The van der Waals surface area contributed by atoms with Crippen molar-refractivity contribution in [2.75, 3.05) is 12.9 Å². The van der Waals surface area contributed by atoms with Crippen molar-refractivity contribution in [1.82, 2.24) is 0 Å². The van der Waals surface area contributed by atoms with Crippen molar-refractivity contribution in [2.24, 2.45) is 5.73 Å². The SMILES string of the molecule is CCSCc1cc(C(=N)N)ccc1OC. The van der Waals surface area contributed by atoms with Gasteiger partial charge in [-0.1, -0.05) is 6.92 Å². The number of rotatable bonds is 5. The minimum Gasteiger partial charge on any atom is -0.496 e. The van der Waals surface area contributed by atoms with Gasteiger partial charge in [-0.2, -0.15) is 11.8 Å². The van der Waals surface area contributed by atoms with Gasteiger partial charge in [0.25, 0.3) is 0 Å². The second-order valence-electron chi connectivity index (χ2n) is 3.08. The standard InChI is InChI=1S/C11H16N2OS/c1-3-15-7-9-6-8(11(12)13)4-5-10(9)14-2/h4-6H,3,7H2,1-2H3,(H3,12,13). The largest absolute Gasteiger partial charge is 0.496 e. The summed E-state index contributed by atoms with van der Waals surface area (Å²) in [7, 11) is 1.66. The quantitative estimate of drug-likeness (QED) is 0.595. The number of hydrogen-bond donors (Lipinski definition) is 2. The van der Waals surface area contributed by atoms with Crippen molar-refractivity contribution >= 4 is 17.6 Å². The van der Waals surface area contributed by atoms with E-state index < -0.39 is 0 Å². The van der Waals surface area contributed by atoms with Gasteiger partial charge in [0, 0.05) is 16.9 Å². The van der Waals surface area contributed by atoms with Crippen LogP contribution >= 0.6 is 11.8 Å². The maximum Gasteiger partial charge on any atom is 0.122 e. The summed E-state index contributed by atoms with van der Waals surface area (Å²) in [5.41, 5.74) is 7.29. The van der Waals surface area contributed by atoms with Gasteiger partial charge in [-0.05, 0) is 24.0 Å². The van der Waals surface area contributed by atoms with E-state index in [1.165, 1.54) is 0 Å². The molecule has 0 unspecified atom stereocenters. The zero-order chi connectivity index (χ0) is 11.3. The first-order valence-electron chi connectivity index (χ1n) is 4.78. The number of methoxy groups -OCH3 is 1. The molecule has 1 rings (SSSR count). The maximum absolute atomic E-state index is 7.37. The van der Waals surface area contributed by atoms with Crippen LogP contribution in [-0.2, 0) is 5.75 Å². The number of hydrogen-bond acceptors (Lipinski definition) is 3. The van der Waals surface area contributed by atoms with Crippen molar-refractivity contribution in [3.05, 3.63) is 29.3 Å². The van der Waals surface area contributed by atoms with E-state index >= 15 is 0 Å². The Morgan fingerprint density at radius 1 is 1.53 bits per heavy atom. The Hall–Kier alpha value is -1.16. The first-order chi connectivity index (χ1) is 7.19. The van der Waals surface area contributed by atoms with Crippen LogP contribution in [0, 0.1) is 5.41 Å². The number of benzene rings is 1. The van der Waals surface area contributed by atoms with Gasteiger partial charge in [0.2, 0.25) is 0 Å². The minimum atomic E-state index is 0.0976. The molecule has 0 radical (unpaired) electrons. The van der Waals surface area contributed by atoms with Crippen LogP contribution in [-0.4, -0.2) is 18.7 Å². The lowest BCUT2D eigenvalue weighted by molar-refractivity contribution is 0.411. The van der Waals surface area contributed by atoms with Crippen molar-refractivity contribution in [3.8, 4) is 5.75 Å². The minimum absolute atomic E-state index is 0.0976. The molecule has 0 aromatic heterocycles. The molecule has 0 heterocycles. The molecule has 3 N–H and O–H groups in total. The Morgan fingerprint density at radius 2 is 2.27 bits per heavy atom. The average molecular weight is 224 g/mol. The number of ether oxygens (including phenoxy) is 1. The van der Waals surface area contributed by atoms with Crippen LogP contribution in [0.2, 0.25) is 0 Å². The molecular weight excluding hydrogens is 208 g/mol. The molecule has 4 heteroatoms. The summed E-state index contributed by atoms with van der Waals surface area (Å²) < 4.78 is 5.25. The summed E-state index contributed by atoms with van der Waals surface area (Å²) in [5, 5.41) is 7.37. The monoisotopic (exact) mass is 224 g/mol. The molecule has 0 spiro atoms. The van der Waals surface area contributed by atoms with Crippen LogP contribution < -0.4 is 10.5 Å².